The molecule has 0 bridgehead atoms. The van der Waals surface area contributed by atoms with Crippen LogP contribution in [0.1, 0.15) is 43.4 Å². The molecule has 1 aromatic rings. The van der Waals surface area contributed by atoms with Crippen molar-refractivity contribution in [1.29, 1.82) is 0 Å². The summed E-state index contributed by atoms with van der Waals surface area (Å²) in [5, 5.41) is 3.93. The van der Waals surface area contributed by atoms with Crippen LogP contribution < -0.4 is 5.32 Å². The van der Waals surface area contributed by atoms with E-state index in [9.17, 15) is 8.78 Å². The van der Waals surface area contributed by atoms with E-state index < -0.39 is 0 Å². The summed E-state index contributed by atoms with van der Waals surface area (Å²) in [5.74, 6) is 0.557. The second-order valence-corrected chi connectivity index (χ2v) is 6.65. The number of rotatable bonds is 4. The Hall–Kier alpha value is -0.610. The van der Waals surface area contributed by atoms with Gasteiger partial charge in [-0.15, -0.1) is 0 Å². The molecular formula is C15H21F2NS. The maximum absolute atomic E-state index is 13.8. The first-order valence-corrected chi connectivity index (χ1v) is 7.93. The van der Waals surface area contributed by atoms with Gasteiger partial charge in [0.15, 0.2) is 0 Å². The summed E-state index contributed by atoms with van der Waals surface area (Å²) in [7, 11) is 0. The molecule has 0 aromatic heterocycles. The average Bonchev–Trinajstić information content (AvgIpc) is 2.41. The Morgan fingerprint density at radius 1 is 1.32 bits per heavy atom. The van der Waals surface area contributed by atoms with Crippen molar-refractivity contribution < 1.29 is 8.78 Å². The Kier molecular flexibility index (Phi) is 5.22. The normalized spacial score (nSPS) is 21.4. The van der Waals surface area contributed by atoms with Gasteiger partial charge in [0.25, 0.3) is 0 Å². The number of benzene rings is 1. The molecule has 1 saturated heterocycles. The summed E-state index contributed by atoms with van der Waals surface area (Å²) >= 11 is 1.98. The van der Waals surface area contributed by atoms with Gasteiger partial charge in [-0.05, 0) is 50.1 Å². The molecule has 0 radical (unpaired) electrons. The minimum atomic E-state index is -0.336. The fourth-order valence-electron chi connectivity index (χ4n) is 2.38. The molecule has 19 heavy (non-hydrogen) atoms. The zero-order valence-corrected chi connectivity index (χ0v) is 12.3. The fourth-order valence-corrected chi connectivity index (χ4v) is 3.63. The first kappa shape index (κ1) is 14.8. The molecule has 0 aliphatic carbocycles. The highest BCUT2D eigenvalue weighted by molar-refractivity contribution is 7.99. The lowest BCUT2D eigenvalue weighted by Gasteiger charge is -2.24. The Bertz CT molecular complexity index is 430. The quantitative estimate of drug-likeness (QED) is 0.889. The largest absolute Gasteiger partial charge is 0.309 e. The molecule has 0 saturated carbocycles. The molecule has 1 aromatic carbocycles. The van der Waals surface area contributed by atoms with Crippen molar-refractivity contribution in [1.82, 2.24) is 5.32 Å². The third-order valence-electron chi connectivity index (χ3n) is 3.67. The monoisotopic (exact) mass is 285 g/mol. The summed E-state index contributed by atoms with van der Waals surface area (Å²) in [6, 6.07) is 2.44. The Balaban J connectivity index is 1.95. The minimum Gasteiger partial charge on any atom is -0.309 e. The van der Waals surface area contributed by atoms with Gasteiger partial charge in [-0.1, -0.05) is 6.42 Å². The molecule has 1 aliphatic heterocycles. The number of hydrogen-bond acceptors (Lipinski definition) is 2. The minimum absolute atomic E-state index is 0.155. The van der Waals surface area contributed by atoms with E-state index in [1.165, 1.54) is 37.1 Å². The predicted molar refractivity (Wildman–Crippen MR) is 77.6 cm³/mol. The number of hydrogen-bond donors (Lipinski definition) is 1. The van der Waals surface area contributed by atoms with Crippen molar-refractivity contribution in [3.63, 3.8) is 0 Å². The van der Waals surface area contributed by atoms with Gasteiger partial charge >= 0.3 is 0 Å². The molecule has 106 valence electrons. The highest BCUT2D eigenvalue weighted by atomic mass is 32.2. The molecule has 1 nitrogen and oxygen atoms in total. The lowest BCUT2D eigenvalue weighted by atomic mass is 10.0. The molecule has 4 heteroatoms. The van der Waals surface area contributed by atoms with E-state index >= 15 is 0 Å². The molecule has 1 heterocycles. The second kappa shape index (κ2) is 6.71. The zero-order chi connectivity index (χ0) is 13.8. The van der Waals surface area contributed by atoms with Gasteiger partial charge in [-0.25, -0.2) is 8.78 Å². The van der Waals surface area contributed by atoms with Crippen LogP contribution in [0.5, 0.6) is 0 Å². The maximum atomic E-state index is 13.8. The van der Waals surface area contributed by atoms with Crippen molar-refractivity contribution in [2.45, 2.75) is 44.4 Å². The molecule has 2 rings (SSSR count). The third-order valence-corrected chi connectivity index (χ3v) is 5.07. The van der Waals surface area contributed by atoms with Gasteiger partial charge in [0.2, 0.25) is 0 Å². The van der Waals surface area contributed by atoms with E-state index in [1.54, 1.807) is 6.92 Å². The summed E-state index contributed by atoms with van der Waals surface area (Å²) in [6.07, 6.45) is 3.80. The van der Waals surface area contributed by atoms with E-state index in [0.717, 1.165) is 6.54 Å². The molecule has 1 fully saturated rings. The first-order valence-electron chi connectivity index (χ1n) is 6.88. The molecule has 2 unspecified atom stereocenters. The van der Waals surface area contributed by atoms with Crippen LogP contribution in [0, 0.1) is 18.6 Å². The number of thioether (sulfide) groups is 1. The lowest BCUT2D eigenvalue weighted by Crippen LogP contribution is -2.29. The molecule has 2 atom stereocenters. The molecule has 1 N–H and O–H groups in total. The Morgan fingerprint density at radius 2 is 2.11 bits per heavy atom. The highest BCUT2D eigenvalue weighted by Crippen LogP contribution is 2.26. The van der Waals surface area contributed by atoms with Gasteiger partial charge in [0.05, 0.1) is 0 Å². The van der Waals surface area contributed by atoms with E-state index in [4.69, 9.17) is 0 Å². The van der Waals surface area contributed by atoms with Crippen molar-refractivity contribution in [2.24, 2.45) is 0 Å². The van der Waals surface area contributed by atoms with Gasteiger partial charge in [0, 0.05) is 23.4 Å². The SMILES string of the molecule is Cc1cc(F)c(C(C)NCC2CCCCS2)cc1F. The van der Waals surface area contributed by atoms with E-state index in [2.05, 4.69) is 5.32 Å². The fraction of sp³-hybridized carbons (Fsp3) is 0.600. The number of halogens is 2. The topological polar surface area (TPSA) is 12.0 Å². The van der Waals surface area contributed by atoms with Crippen LogP contribution in [0.15, 0.2) is 12.1 Å². The average molecular weight is 285 g/mol. The van der Waals surface area contributed by atoms with E-state index in [0.29, 0.717) is 16.4 Å². The molecule has 0 spiro atoms. The van der Waals surface area contributed by atoms with Crippen LogP contribution >= 0.6 is 11.8 Å². The smallest absolute Gasteiger partial charge is 0.128 e. The summed E-state index contributed by atoms with van der Waals surface area (Å²) in [6.45, 7) is 4.33. The Morgan fingerprint density at radius 3 is 2.79 bits per heavy atom. The number of aryl methyl sites for hydroxylation is 1. The third kappa shape index (κ3) is 3.93. The lowest BCUT2D eigenvalue weighted by molar-refractivity contribution is 0.503. The first-order chi connectivity index (χ1) is 9.08. The predicted octanol–water partition coefficient (Wildman–Crippen LogP) is 4.21. The summed E-state index contributed by atoms with van der Waals surface area (Å²) in [4.78, 5) is 0. The number of nitrogens with one attached hydrogen (secondary N) is 1. The van der Waals surface area contributed by atoms with Gasteiger partial charge in [0.1, 0.15) is 11.6 Å². The Labute approximate surface area is 118 Å². The van der Waals surface area contributed by atoms with E-state index in [1.807, 2.05) is 18.7 Å². The highest BCUT2D eigenvalue weighted by Gasteiger charge is 2.17. The summed E-state index contributed by atoms with van der Waals surface area (Å²) < 4.78 is 27.4. The van der Waals surface area contributed by atoms with Gasteiger partial charge < -0.3 is 5.32 Å². The van der Waals surface area contributed by atoms with Crippen molar-refractivity contribution in [2.75, 3.05) is 12.3 Å². The van der Waals surface area contributed by atoms with Crippen LogP contribution in [-0.2, 0) is 0 Å². The van der Waals surface area contributed by atoms with Crippen LogP contribution in [0.4, 0.5) is 8.78 Å². The van der Waals surface area contributed by atoms with Crippen LogP contribution in [-0.4, -0.2) is 17.5 Å². The molecular weight excluding hydrogens is 264 g/mol. The summed E-state index contributed by atoms with van der Waals surface area (Å²) in [5.41, 5.74) is 0.778. The second-order valence-electron chi connectivity index (χ2n) is 5.24. The standard InChI is InChI=1S/C15H21F2NS/c1-10-7-15(17)13(8-14(10)16)11(2)18-9-12-5-3-4-6-19-12/h7-8,11-12,18H,3-6,9H2,1-2H3. The van der Waals surface area contributed by atoms with Crippen LogP contribution in [0.3, 0.4) is 0 Å². The van der Waals surface area contributed by atoms with Gasteiger partial charge in [-0.3, -0.25) is 0 Å². The van der Waals surface area contributed by atoms with Crippen molar-refractivity contribution in [3.05, 3.63) is 34.9 Å². The molecule has 0 amide bonds. The molecule has 1 aliphatic rings. The van der Waals surface area contributed by atoms with Crippen molar-refractivity contribution in [3.8, 4) is 0 Å². The van der Waals surface area contributed by atoms with Crippen LogP contribution in [0.25, 0.3) is 0 Å². The van der Waals surface area contributed by atoms with E-state index in [-0.39, 0.29) is 17.7 Å². The van der Waals surface area contributed by atoms with Crippen molar-refractivity contribution >= 4 is 11.8 Å². The zero-order valence-electron chi connectivity index (χ0n) is 11.5. The van der Waals surface area contributed by atoms with Crippen LogP contribution in [0.2, 0.25) is 0 Å². The maximum Gasteiger partial charge on any atom is 0.128 e. The van der Waals surface area contributed by atoms with Gasteiger partial charge in [-0.2, -0.15) is 11.8 Å².